The Kier molecular flexibility index (Phi) is 8.58. The Morgan fingerprint density at radius 1 is 1.14 bits per heavy atom. The number of sulfone groups is 1. The summed E-state index contributed by atoms with van der Waals surface area (Å²) in [6.45, 7) is 4.15. The fraction of sp³-hybridized carbons (Fsp3) is 0.562. The lowest BCUT2D eigenvalue weighted by molar-refractivity contribution is 0.598. The predicted molar refractivity (Wildman–Crippen MR) is 93.1 cm³/mol. The molecule has 124 valence electrons. The van der Waals surface area contributed by atoms with Crippen LogP contribution in [0.1, 0.15) is 25.3 Å². The van der Waals surface area contributed by atoms with Crippen LogP contribution < -0.4 is 10.6 Å². The molecule has 0 atom stereocenters. The molecular formula is C16H27N3O2S. The van der Waals surface area contributed by atoms with Crippen LogP contribution in [-0.4, -0.2) is 46.0 Å². The van der Waals surface area contributed by atoms with Gasteiger partial charge in [-0.2, -0.15) is 0 Å². The summed E-state index contributed by atoms with van der Waals surface area (Å²) in [6.07, 6.45) is 3.85. The fourth-order valence-electron chi connectivity index (χ4n) is 2.00. The van der Waals surface area contributed by atoms with Gasteiger partial charge >= 0.3 is 0 Å². The number of benzene rings is 1. The summed E-state index contributed by atoms with van der Waals surface area (Å²) in [5, 5.41) is 6.33. The van der Waals surface area contributed by atoms with Crippen molar-refractivity contribution in [3.63, 3.8) is 0 Å². The number of aryl methyl sites for hydroxylation is 1. The Balaban J connectivity index is 2.29. The number of rotatable bonds is 9. The van der Waals surface area contributed by atoms with Gasteiger partial charge in [-0.05, 0) is 31.7 Å². The van der Waals surface area contributed by atoms with E-state index >= 15 is 0 Å². The molecular weight excluding hydrogens is 298 g/mol. The summed E-state index contributed by atoms with van der Waals surface area (Å²) in [5.74, 6) is 0.956. The van der Waals surface area contributed by atoms with Crippen LogP contribution in [0, 0.1) is 0 Å². The largest absolute Gasteiger partial charge is 0.357 e. The highest BCUT2D eigenvalue weighted by atomic mass is 32.2. The van der Waals surface area contributed by atoms with Gasteiger partial charge in [0.15, 0.2) is 5.96 Å². The number of nitrogens with zero attached hydrogens (tertiary/aromatic N) is 1. The van der Waals surface area contributed by atoms with Gasteiger partial charge in [0.25, 0.3) is 0 Å². The minimum atomic E-state index is -2.89. The molecule has 5 nitrogen and oxygen atoms in total. The van der Waals surface area contributed by atoms with Crippen LogP contribution in [0.15, 0.2) is 35.3 Å². The molecule has 1 aromatic carbocycles. The van der Waals surface area contributed by atoms with Crippen LogP contribution in [0.5, 0.6) is 0 Å². The molecule has 2 N–H and O–H groups in total. The van der Waals surface area contributed by atoms with E-state index in [-0.39, 0.29) is 5.75 Å². The van der Waals surface area contributed by atoms with Crippen molar-refractivity contribution in [3.8, 4) is 0 Å². The second-order valence-corrected chi connectivity index (χ2v) is 7.52. The first kappa shape index (κ1) is 18.5. The monoisotopic (exact) mass is 325 g/mol. The van der Waals surface area contributed by atoms with Gasteiger partial charge in [0.1, 0.15) is 9.84 Å². The first-order valence-electron chi connectivity index (χ1n) is 7.75. The van der Waals surface area contributed by atoms with Crippen molar-refractivity contribution in [2.24, 2.45) is 4.99 Å². The summed E-state index contributed by atoms with van der Waals surface area (Å²) in [4.78, 5) is 4.51. The highest BCUT2D eigenvalue weighted by molar-refractivity contribution is 7.90. The standard InChI is InChI=1S/C16H27N3O2S/c1-3-17-16(19-13-8-14-22(2,20)21)18-12-7-11-15-9-5-4-6-10-15/h4-6,9-10H,3,7-8,11-14H2,1-2H3,(H2,17,18,19). The maximum Gasteiger partial charge on any atom is 0.191 e. The molecule has 0 aliphatic carbocycles. The van der Waals surface area contributed by atoms with Crippen LogP contribution in [0.4, 0.5) is 0 Å². The van der Waals surface area contributed by atoms with E-state index in [1.54, 1.807) is 0 Å². The van der Waals surface area contributed by atoms with E-state index in [9.17, 15) is 8.42 Å². The van der Waals surface area contributed by atoms with Crippen molar-refractivity contribution in [1.82, 2.24) is 10.6 Å². The zero-order valence-corrected chi connectivity index (χ0v) is 14.3. The highest BCUT2D eigenvalue weighted by Gasteiger charge is 2.02. The Bertz CT molecular complexity index is 542. The molecule has 0 unspecified atom stereocenters. The minimum absolute atomic E-state index is 0.202. The molecule has 0 spiro atoms. The van der Waals surface area contributed by atoms with E-state index in [0.29, 0.717) is 13.0 Å². The van der Waals surface area contributed by atoms with Gasteiger partial charge in [-0.3, -0.25) is 4.99 Å². The number of nitrogens with one attached hydrogen (secondary N) is 2. The molecule has 22 heavy (non-hydrogen) atoms. The van der Waals surface area contributed by atoms with E-state index in [1.807, 2.05) is 25.1 Å². The van der Waals surface area contributed by atoms with Crippen molar-refractivity contribution >= 4 is 15.8 Å². The van der Waals surface area contributed by atoms with Gasteiger partial charge in [0, 0.05) is 25.9 Å². The van der Waals surface area contributed by atoms with Gasteiger partial charge in [-0.25, -0.2) is 8.42 Å². The molecule has 1 rings (SSSR count). The quantitative estimate of drug-likeness (QED) is 0.411. The van der Waals surface area contributed by atoms with Crippen LogP contribution in [0.3, 0.4) is 0 Å². The summed E-state index contributed by atoms with van der Waals surface area (Å²) in [6, 6.07) is 10.4. The van der Waals surface area contributed by atoms with Crippen LogP contribution in [0.25, 0.3) is 0 Å². The Morgan fingerprint density at radius 2 is 1.86 bits per heavy atom. The normalized spacial score (nSPS) is 12.2. The SMILES string of the molecule is CCNC(=NCCCc1ccccc1)NCCCS(C)(=O)=O. The maximum atomic E-state index is 11.1. The van der Waals surface area contributed by atoms with E-state index in [4.69, 9.17) is 0 Å². The molecule has 0 saturated carbocycles. The second kappa shape index (κ2) is 10.2. The molecule has 0 fully saturated rings. The molecule has 0 heterocycles. The Hall–Kier alpha value is -1.56. The van der Waals surface area contributed by atoms with Crippen molar-refractivity contribution in [1.29, 1.82) is 0 Å². The van der Waals surface area contributed by atoms with Crippen molar-refractivity contribution < 1.29 is 8.42 Å². The predicted octanol–water partition coefficient (Wildman–Crippen LogP) is 1.61. The molecule has 6 heteroatoms. The van der Waals surface area contributed by atoms with Crippen molar-refractivity contribution in [2.75, 3.05) is 31.6 Å². The molecule has 0 saturated heterocycles. The van der Waals surface area contributed by atoms with Crippen LogP contribution in [0.2, 0.25) is 0 Å². The highest BCUT2D eigenvalue weighted by Crippen LogP contribution is 2.02. The van der Waals surface area contributed by atoms with Crippen molar-refractivity contribution in [2.45, 2.75) is 26.2 Å². The third-order valence-corrected chi connectivity index (χ3v) is 4.10. The first-order chi connectivity index (χ1) is 10.5. The minimum Gasteiger partial charge on any atom is -0.357 e. The van der Waals surface area contributed by atoms with Crippen molar-refractivity contribution in [3.05, 3.63) is 35.9 Å². The van der Waals surface area contributed by atoms with E-state index in [2.05, 4.69) is 27.8 Å². The molecule has 0 amide bonds. The molecule has 0 aliphatic heterocycles. The first-order valence-corrected chi connectivity index (χ1v) is 9.81. The number of guanidine groups is 1. The zero-order chi connectivity index (χ0) is 16.3. The van der Waals surface area contributed by atoms with Gasteiger partial charge in [-0.15, -0.1) is 0 Å². The lowest BCUT2D eigenvalue weighted by Crippen LogP contribution is -2.38. The van der Waals surface area contributed by atoms with Gasteiger partial charge < -0.3 is 10.6 Å². The van der Waals surface area contributed by atoms with Crippen LogP contribution in [-0.2, 0) is 16.3 Å². The zero-order valence-electron chi connectivity index (χ0n) is 13.5. The average Bonchev–Trinajstić information content (AvgIpc) is 2.48. The number of hydrogen-bond donors (Lipinski definition) is 2. The smallest absolute Gasteiger partial charge is 0.191 e. The molecule has 1 aromatic rings. The Labute approximate surface area is 134 Å². The van der Waals surface area contributed by atoms with Gasteiger partial charge in [0.2, 0.25) is 0 Å². The van der Waals surface area contributed by atoms with Gasteiger partial charge in [-0.1, -0.05) is 30.3 Å². The number of hydrogen-bond acceptors (Lipinski definition) is 3. The maximum absolute atomic E-state index is 11.1. The molecule has 0 radical (unpaired) electrons. The molecule has 0 aromatic heterocycles. The lowest BCUT2D eigenvalue weighted by atomic mass is 10.1. The topological polar surface area (TPSA) is 70.6 Å². The van der Waals surface area contributed by atoms with E-state index in [1.165, 1.54) is 11.8 Å². The van der Waals surface area contributed by atoms with E-state index in [0.717, 1.165) is 31.9 Å². The fourth-order valence-corrected chi connectivity index (χ4v) is 2.67. The van der Waals surface area contributed by atoms with Gasteiger partial charge in [0.05, 0.1) is 5.75 Å². The number of aliphatic imine (C=N–C) groups is 1. The summed E-state index contributed by atoms with van der Waals surface area (Å²) in [5.41, 5.74) is 1.32. The summed E-state index contributed by atoms with van der Waals surface area (Å²) < 4.78 is 22.1. The molecule has 0 aliphatic rings. The summed E-state index contributed by atoms with van der Waals surface area (Å²) in [7, 11) is -2.89. The third-order valence-electron chi connectivity index (χ3n) is 3.06. The Morgan fingerprint density at radius 3 is 2.50 bits per heavy atom. The summed E-state index contributed by atoms with van der Waals surface area (Å²) >= 11 is 0. The lowest BCUT2D eigenvalue weighted by Gasteiger charge is -2.11. The third kappa shape index (κ3) is 9.39. The van der Waals surface area contributed by atoms with E-state index < -0.39 is 9.84 Å². The van der Waals surface area contributed by atoms with Crippen LogP contribution >= 0.6 is 0 Å². The molecule has 0 bridgehead atoms. The average molecular weight is 325 g/mol. The second-order valence-electron chi connectivity index (χ2n) is 5.26.